The van der Waals surface area contributed by atoms with Gasteiger partial charge in [-0.3, -0.25) is 0 Å². The lowest BCUT2D eigenvalue weighted by atomic mass is 10.1. The minimum Gasteiger partial charge on any atom is -0.377 e. The normalized spacial score (nSPS) is 23.5. The van der Waals surface area contributed by atoms with Gasteiger partial charge in [-0.15, -0.1) is 0 Å². The molecule has 0 radical (unpaired) electrons. The van der Waals surface area contributed by atoms with Crippen LogP contribution in [0.3, 0.4) is 0 Å². The van der Waals surface area contributed by atoms with Gasteiger partial charge < -0.3 is 9.64 Å². The third-order valence-corrected chi connectivity index (χ3v) is 3.50. The number of rotatable bonds is 5. The third-order valence-electron chi connectivity index (χ3n) is 3.50. The SMILES string of the molecule is N#CCCOC1CC[NH+](Cc2ccccc2)CC1. The molecule has 0 atom stereocenters. The summed E-state index contributed by atoms with van der Waals surface area (Å²) < 4.78 is 5.69. The van der Waals surface area contributed by atoms with Gasteiger partial charge in [-0.05, 0) is 0 Å². The Morgan fingerprint density at radius 3 is 2.61 bits per heavy atom. The summed E-state index contributed by atoms with van der Waals surface area (Å²) in [6, 6.07) is 12.8. The lowest BCUT2D eigenvalue weighted by Crippen LogP contribution is -3.12. The number of ether oxygens (including phenoxy) is 1. The minimum atomic E-state index is 0.373. The number of piperidine rings is 1. The standard InChI is InChI=1S/C15H20N2O/c16-9-4-12-18-15-7-10-17(11-8-15)13-14-5-2-1-3-6-14/h1-3,5-6,15H,4,7-8,10-13H2/p+1. The maximum Gasteiger partial charge on any atom is 0.103 e. The lowest BCUT2D eigenvalue weighted by Gasteiger charge is -2.29. The Labute approximate surface area is 109 Å². The second kappa shape index (κ2) is 7.15. The minimum absolute atomic E-state index is 0.373. The molecule has 3 heteroatoms. The van der Waals surface area contributed by atoms with E-state index in [0.717, 1.165) is 19.4 Å². The molecule has 0 amide bonds. The molecule has 1 heterocycles. The number of benzene rings is 1. The van der Waals surface area contributed by atoms with Gasteiger partial charge in [-0.25, -0.2) is 0 Å². The summed E-state index contributed by atoms with van der Waals surface area (Å²) in [4.78, 5) is 1.64. The van der Waals surface area contributed by atoms with Crippen LogP contribution in [-0.4, -0.2) is 25.8 Å². The van der Waals surface area contributed by atoms with E-state index in [-0.39, 0.29) is 0 Å². The second-order valence-corrected chi connectivity index (χ2v) is 4.89. The van der Waals surface area contributed by atoms with E-state index in [1.807, 2.05) is 0 Å². The molecule has 0 unspecified atom stereocenters. The van der Waals surface area contributed by atoms with Crippen molar-refractivity contribution < 1.29 is 9.64 Å². The van der Waals surface area contributed by atoms with E-state index in [1.54, 1.807) is 4.90 Å². The first-order valence-electron chi connectivity index (χ1n) is 6.74. The van der Waals surface area contributed by atoms with Crippen molar-refractivity contribution in [3.8, 4) is 6.07 Å². The number of quaternary nitrogens is 1. The van der Waals surface area contributed by atoms with E-state index in [9.17, 15) is 0 Å². The van der Waals surface area contributed by atoms with Gasteiger partial charge in [0.25, 0.3) is 0 Å². The molecule has 3 nitrogen and oxygen atoms in total. The van der Waals surface area contributed by atoms with Gasteiger partial charge in [0.2, 0.25) is 0 Å². The highest BCUT2D eigenvalue weighted by molar-refractivity contribution is 5.13. The van der Waals surface area contributed by atoms with E-state index in [4.69, 9.17) is 10.00 Å². The predicted octanol–water partition coefficient (Wildman–Crippen LogP) is 1.16. The summed E-state index contributed by atoms with van der Waals surface area (Å²) in [5.74, 6) is 0. The number of nitrogens with zero attached hydrogens (tertiary/aromatic N) is 1. The number of hydrogen-bond acceptors (Lipinski definition) is 2. The van der Waals surface area contributed by atoms with Crippen molar-refractivity contribution in [2.45, 2.75) is 31.9 Å². The Balaban J connectivity index is 1.69. The van der Waals surface area contributed by atoms with Crippen LogP contribution in [0, 0.1) is 11.3 Å². The molecule has 1 aromatic rings. The first-order valence-corrected chi connectivity index (χ1v) is 6.74. The Bertz CT molecular complexity index is 377. The van der Waals surface area contributed by atoms with Crippen LogP contribution in [0.4, 0.5) is 0 Å². The summed E-state index contributed by atoms with van der Waals surface area (Å²) in [6.07, 6.45) is 3.12. The fourth-order valence-corrected chi connectivity index (χ4v) is 2.50. The summed E-state index contributed by atoms with van der Waals surface area (Å²) >= 11 is 0. The lowest BCUT2D eigenvalue weighted by molar-refractivity contribution is -0.919. The summed E-state index contributed by atoms with van der Waals surface area (Å²) in [5.41, 5.74) is 1.41. The van der Waals surface area contributed by atoms with Crippen LogP contribution in [-0.2, 0) is 11.3 Å². The zero-order chi connectivity index (χ0) is 12.6. The maximum atomic E-state index is 8.47. The van der Waals surface area contributed by atoms with Gasteiger partial charge in [0, 0.05) is 18.4 Å². The molecule has 96 valence electrons. The number of likely N-dealkylation sites (tertiary alicyclic amines) is 1. The Hall–Kier alpha value is -1.37. The highest BCUT2D eigenvalue weighted by Gasteiger charge is 2.22. The van der Waals surface area contributed by atoms with Crippen molar-refractivity contribution in [1.82, 2.24) is 0 Å². The Kier molecular flexibility index (Phi) is 5.19. The van der Waals surface area contributed by atoms with Gasteiger partial charge in [0.1, 0.15) is 6.54 Å². The average Bonchev–Trinajstić information content (AvgIpc) is 2.42. The van der Waals surface area contributed by atoms with Crippen molar-refractivity contribution in [1.29, 1.82) is 5.26 Å². The Morgan fingerprint density at radius 2 is 1.94 bits per heavy atom. The number of nitriles is 1. The van der Waals surface area contributed by atoms with Crippen LogP contribution in [0.15, 0.2) is 30.3 Å². The summed E-state index contributed by atoms with van der Waals surface area (Å²) in [7, 11) is 0. The largest absolute Gasteiger partial charge is 0.377 e. The maximum absolute atomic E-state index is 8.47. The number of hydrogen-bond donors (Lipinski definition) is 1. The summed E-state index contributed by atoms with van der Waals surface area (Å²) in [6.45, 7) is 4.05. The second-order valence-electron chi connectivity index (χ2n) is 4.89. The molecule has 0 aromatic heterocycles. The van der Waals surface area contributed by atoms with Gasteiger partial charge >= 0.3 is 0 Å². The summed E-state index contributed by atoms with van der Waals surface area (Å²) in [5, 5.41) is 8.47. The van der Waals surface area contributed by atoms with Crippen LogP contribution >= 0.6 is 0 Å². The topological polar surface area (TPSA) is 37.5 Å². The van der Waals surface area contributed by atoms with E-state index >= 15 is 0 Å². The first-order chi connectivity index (χ1) is 8.88. The van der Waals surface area contributed by atoms with Crippen LogP contribution in [0.1, 0.15) is 24.8 Å². The van der Waals surface area contributed by atoms with Crippen molar-refractivity contribution in [3.63, 3.8) is 0 Å². The zero-order valence-corrected chi connectivity index (χ0v) is 10.8. The average molecular weight is 245 g/mol. The van der Waals surface area contributed by atoms with Crippen LogP contribution in [0.25, 0.3) is 0 Å². The molecule has 1 saturated heterocycles. The molecule has 1 fully saturated rings. The van der Waals surface area contributed by atoms with Gasteiger partial charge in [0.05, 0.1) is 38.3 Å². The molecule has 18 heavy (non-hydrogen) atoms. The monoisotopic (exact) mass is 245 g/mol. The van der Waals surface area contributed by atoms with E-state index in [0.29, 0.717) is 19.1 Å². The van der Waals surface area contributed by atoms with Crippen LogP contribution in [0.5, 0.6) is 0 Å². The van der Waals surface area contributed by atoms with Crippen molar-refractivity contribution in [2.75, 3.05) is 19.7 Å². The first kappa shape index (κ1) is 13.1. The zero-order valence-electron chi connectivity index (χ0n) is 10.8. The van der Waals surface area contributed by atoms with Gasteiger partial charge in [0.15, 0.2) is 0 Å². The highest BCUT2D eigenvalue weighted by atomic mass is 16.5. The van der Waals surface area contributed by atoms with Gasteiger partial charge in [-0.2, -0.15) is 5.26 Å². The van der Waals surface area contributed by atoms with Crippen LogP contribution < -0.4 is 4.90 Å². The quantitative estimate of drug-likeness (QED) is 0.791. The predicted molar refractivity (Wildman–Crippen MR) is 70.0 cm³/mol. The third kappa shape index (κ3) is 4.14. The molecule has 0 aliphatic carbocycles. The van der Waals surface area contributed by atoms with Crippen LogP contribution in [0.2, 0.25) is 0 Å². The molecule has 1 N–H and O–H groups in total. The van der Waals surface area contributed by atoms with E-state index in [1.165, 1.54) is 18.7 Å². The molecule has 2 rings (SSSR count). The molecule has 0 bridgehead atoms. The van der Waals surface area contributed by atoms with E-state index in [2.05, 4.69) is 36.4 Å². The molecule has 1 aromatic carbocycles. The molecule has 0 saturated carbocycles. The Morgan fingerprint density at radius 1 is 1.22 bits per heavy atom. The van der Waals surface area contributed by atoms with E-state index < -0.39 is 0 Å². The number of nitrogens with one attached hydrogen (secondary N) is 1. The fraction of sp³-hybridized carbons (Fsp3) is 0.533. The highest BCUT2D eigenvalue weighted by Crippen LogP contribution is 2.06. The molecule has 1 aliphatic heterocycles. The molecule has 0 spiro atoms. The smallest absolute Gasteiger partial charge is 0.103 e. The van der Waals surface area contributed by atoms with Crippen molar-refractivity contribution in [3.05, 3.63) is 35.9 Å². The molecular formula is C15H21N2O+. The van der Waals surface area contributed by atoms with Crippen molar-refractivity contribution in [2.24, 2.45) is 0 Å². The van der Waals surface area contributed by atoms with Gasteiger partial charge in [-0.1, -0.05) is 30.3 Å². The molecule has 1 aliphatic rings. The fourth-order valence-electron chi connectivity index (χ4n) is 2.50. The van der Waals surface area contributed by atoms with Crippen molar-refractivity contribution >= 4 is 0 Å². The molecular weight excluding hydrogens is 224 g/mol.